The molecule has 0 spiro atoms. The van der Waals surface area contributed by atoms with Crippen molar-refractivity contribution in [3.63, 3.8) is 0 Å². The van der Waals surface area contributed by atoms with E-state index in [9.17, 15) is 4.79 Å². The molecule has 0 N–H and O–H groups in total. The molecule has 0 bridgehead atoms. The smallest absolute Gasteiger partial charge is 0.163 e. The SMILES string of the molecule is O=C1CCc2cc(Br)c3c(c21)CCO3. The quantitative estimate of drug-likeness (QED) is 0.710. The van der Waals surface area contributed by atoms with E-state index in [-0.39, 0.29) is 5.78 Å². The molecule has 2 nitrogen and oxygen atoms in total. The number of carbonyl (C=O) groups is 1. The molecule has 0 fully saturated rings. The Kier molecular flexibility index (Phi) is 1.71. The summed E-state index contributed by atoms with van der Waals surface area (Å²) in [6.45, 7) is 0.706. The van der Waals surface area contributed by atoms with E-state index in [1.54, 1.807) is 0 Å². The van der Waals surface area contributed by atoms with Gasteiger partial charge in [0, 0.05) is 24.0 Å². The van der Waals surface area contributed by atoms with E-state index < -0.39 is 0 Å². The third-order valence-electron chi connectivity index (χ3n) is 2.91. The molecule has 0 saturated heterocycles. The third kappa shape index (κ3) is 0.989. The third-order valence-corrected chi connectivity index (χ3v) is 3.50. The van der Waals surface area contributed by atoms with Gasteiger partial charge in [-0.05, 0) is 34.0 Å². The Morgan fingerprint density at radius 1 is 1.29 bits per heavy atom. The van der Waals surface area contributed by atoms with E-state index in [4.69, 9.17) is 4.74 Å². The van der Waals surface area contributed by atoms with Gasteiger partial charge in [0.2, 0.25) is 0 Å². The second-order valence-electron chi connectivity index (χ2n) is 3.72. The molecule has 3 heteroatoms. The van der Waals surface area contributed by atoms with Crippen molar-refractivity contribution in [3.05, 3.63) is 27.2 Å². The lowest BCUT2D eigenvalue weighted by molar-refractivity contribution is 0.0994. The number of hydrogen-bond acceptors (Lipinski definition) is 2. The van der Waals surface area contributed by atoms with Crippen LogP contribution in [0.4, 0.5) is 0 Å². The first-order valence-electron chi connectivity index (χ1n) is 4.77. The molecule has 0 saturated carbocycles. The van der Waals surface area contributed by atoms with Crippen molar-refractivity contribution in [3.8, 4) is 5.75 Å². The van der Waals surface area contributed by atoms with Crippen molar-refractivity contribution in [2.45, 2.75) is 19.3 Å². The highest BCUT2D eigenvalue weighted by Gasteiger charge is 2.29. The molecule has 14 heavy (non-hydrogen) atoms. The molecule has 1 aliphatic heterocycles. The van der Waals surface area contributed by atoms with Gasteiger partial charge in [0.1, 0.15) is 5.75 Å². The van der Waals surface area contributed by atoms with Gasteiger partial charge in [-0.3, -0.25) is 4.79 Å². The zero-order chi connectivity index (χ0) is 9.71. The molecule has 1 aromatic rings. The minimum absolute atomic E-state index is 0.286. The van der Waals surface area contributed by atoms with Crippen LogP contribution in [0.2, 0.25) is 0 Å². The van der Waals surface area contributed by atoms with E-state index in [2.05, 4.69) is 15.9 Å². The number of benzene rings is 1. The van der Waals surface area contributed by atoms with Gasteiger partial charge in [-0.25, -0.2) is 0 Å². The van der Waals surface area contributed by atoms with Crippen molar-refractivity contribution in [1.29, 1.82) is 0 Å². The number of hydrogen-bond donors (Lipinski definition) is 0. The van der Waals surface area contributed by atoms with E-state index in [1.807, 2.05) is 6.07 Å². The fraction of sp³-hybridized carbons (Fsp3) is 0.364. The Hall–Kier alpha value is -0.830. The van der Waals surface area contributed by atoms with Crippen LogP contribution in [0.15, 0.2) is 10.5 Å². The van der Waals surface area contributed by atoms with Crippen molar-refractivity contribution >= 4 is 21.7 Å². The number of aryl methyl sites for hydroxylation is 1. The molecule has 0 unspecified atom stereocenters. The van der Waals surface area contributed by atoms with Gasteiger partial charge < -0.3 is 4.74 Å². The number of Topliss-reactive ketones (excluding diaryl/α,β-unsaturated/α-hetero) is 1. The van der Waals surface area contributed by atoms with Gasteiger partial charge in [-0.15, -0.1) is 0 Å². The van der Waals surface area contributed by atoms with E-state index in [0.717, 1.165) is 34.2 Å². The lowest BCUT2D eigenvalue weighted by atomic mass is 10.0. The minimum atomic E-state index is 0.286. The zero-order valence-corrected chi connectivity index (χ0v) is 9.19. The van der Waals surface area contributed by atoms with E-state index >= 15 is 0 Å². The van der Waals surface area contributed by atoms with Crippen LogP contribution in [0.5, 0.6) is 5.75 Å². The largest absolute Gasteiger partial charge is 0.492 e. The second-order valence-corrected chi connectivity index (χ2v) is 4.58. The van der Waals surface area contributed by atoms with Gasteiger partial charge in [0.25, 0.3) is 0 Å². The van der Waals surface area contributed by atoms with Gasteiger partial charge in [-0.2, -0.15) is 0 Å². The molecule has 1 heterocycles. The number of halogens is 1. The van der Waals surface area contributed by atoms with Crippen LogP contribution in [0.25, 0.3) is 0 Å². The van der Waals surface area contributed by atoms with Crippen molar-refractivity contribution in [2.75, 3.05) is 6.61 Å². The van der Waals surface area contributed by atoms with Crippen LogP contribution in [0.1, 0.15) is 27.9 Å². The van der Waals surface area contributed by atoms with Crippen molar-refractivity contribution in [2.24, 2.45) is 0 Å². The number of ether oxygens (including phenoxy) is 1. The molecule has 1 aromatic carbocycles. The lowest BCUT2D eigenvalue weighted by Crippen LogP contribution is -1.97. The molecular weight excluding hydrogens is 244 g/mol. The fourth-order valence-electron chi connectivity index (χ4n) is 2.31. The van der Waals surface area contributed by atoms with E-state index in [1.165, 1.54) is 5.56 Å². The first-order valence-corrected chi connectivity index (χ1v) is 5.57. The predicted octanol–water partition coefficient (Wildman–Crippen LogP) is 2.51. The molecule has 0 atom stereocenters. The molecule has 0 amide bonds. The average molecular weight is 253 g/mol. The van der Waals surface area contributed by atoms with Gasteiger partial charge in [-0.1, -0.05) is 0 Å². The normalized spacial score (nSPS) is 17.9. The summed E-state index contributed by atoms with van der Waals surface area (Å²) in [6.07, 6.45) is 2.43. The lowest BCUT2D eigenvalue weighted by Gasteiger charge is -2.06. The summed E-state index contributed by atoms with van der Waals surface area (Å²) in [6, 6.07) is 2.03. The van der Waals surface area contributed by atoms with Crippen LogP contribution in [-0.2, 0) is 12.8 Å². The standard InChI is InChI=1S/C11H9BrO2/c12-8-5-6-1-2-9(13)10(6)7-3-4-14-11(7)8/h5H,1-4H2. The summed E-state index contributed by atoms with van der Waals surface area (Å²) in [4.78, 5) is 11.7. The topological polar surface area (TPSA) is 26.3 Å². The van der Waals surface area contributed by atoms with Crippen LogP contribution in [0, 0.1) is 0 Å². The average Bonchev–Trinajstić information content (AvgIpc) is 2.72. The van der Waals surface area contributed by atoms with Crippen LogP contribution in [0.3, 0.4) is 0 Å². The molecule has 1 aliphatic carbocycles. The molecular formula is C11H9BrO2. The summed E-state index contributed by atoms with van der Waals surface area (Å²) in [7, 11) is 0. The van der Waals surface area contributed by atoms with Crippen LogP contribution < -0.4 is 4.74 Å². The summed E-state index contributed by atoms with van der Waals surface area (Å²) in [5.41, 5.74) is 3.25. The minimum Gasteiger partial charge on any atom is -0.492 e. The highest BCUT2D eigenvalue weighted by atomic mass is 79.9. The highest BCUT2D eigenvalue weighted by Crippen LogP contribution is 2.40. The highest BCUT2D eigenvalue weighted by molar-refractivity contribution is 9.10. The predicted molar refractivity (Wildman–Crippen MR) is 56.0 cm³/mol. The fourth-order valence-corrected chi connectivity index (χ4v) is 2.94. The Balaban J connectivity index is 2.33. The van der Waals surface area contributed by atoms with Crippen molar-refractivity contribution < 1.29 is 9.53 Å². The van der Waals surface area contributed by atoms with Crippen molar-refractivity contribution in [1.82, 2.24) is 0 Å². The summed E-state index contributed by atoms with van der Waals surface area (Å²) in [5, 5.41) is 0. The molecule has 0 radical (unpaired) electrons. The Bertz CT molecular complexity index is 437. The Morgan fingerprint density at radius 2 is 2.14 bits per heavy atom. The summed E-state index contributed by atoms with van der Waals surface area (Å²) < 4.78 is 6.50. The molecule has 3 rings (SSSR count). The summed E-state index contributed by atoms with van der Waals surface area (Å²) >= 11 is 3.48. The van der Waals surface area contributed by atoms with Gasteiger partial charge >= 0.3 is 0 Å². The number of fused-ring (bicyclic) bond motifs is 3. The Labute approximate surface area is 90.4 Å². The number of ketones is 1. The number of rotatable bonds is 0. The van der Waals surface area contributed by atoms with E-state index in [0.29, 0.717) is 13.0 Å². The monoisotopic (exact) mass is 252 g/mol. The maximum Gasteiger partial charge on any atom is 0.163 e. The number of carbonyl (C=O) groups excluding carboxylic acids is 1. The zero-order valence-electron chi connectivity index (χ0n) is 7.60. The van der Waals surface area contributed by atoms with Gasteiger partial charge in [0.15, 0.2) is 5.78 Å². The maximum absolute atomic E-state index is 11.7. The second kappa shape index (κ2) is 2.83. The Morgan fingerprint density at radius 3 is 3.00 bits per heavy atom. The molecule has 72 valence electrons. The first kappa shape index (κ1) is 8.48. The maximum atomic E-state index is 11.7. The van der Waals surface area contributed by atoms with Crippen LogP contribution in [-0.4, -0.2) is 12.4 Å². The first-order chi connectivity index (χ1) is 6.77. The van der Waals surface area contributed by atoms with Crippen LogP contribution >= 0.6 is 15.9 Å². The summed E-state index contributed by atoms with van der Waals surface area (Å²) in [5.74, 6) is 1.17. The molecule has 2 aliphatic rings. The van der Waals surface area contributed by atoms with Gasteiger partial charge in [0.05, 0.1) is 11.1 Å². The molecule has 0 aromatic heterocycles.